The van der Waals surface area contributed by atoms with Crippen molar-refractivity contribution < 1.29 is 31.5 Å². The predicted octanol–water partition coefficient (Wildman–Crippen LogP) is 4.93. The summed E-state index contributed by atoms with van der Waals surface area (Å²) in [7, 11) is 1.58. The van der Waals surface area contributed by atoms with Gasteiger partial charge in [-0.2, -0.15) is 18.3 Å². The molecule has 1 aromatic carbocycles. The molecule has 5 nitrogen and oxygen atoms in total. The van der Waals surface area contributed by atoms with Crippen molar-refractivity contribution >= 4 is 11.7 Å². The number of alkyl halides is 3. The highest BCUT2D eigenvalue weighted by Gasteiger charge is 2.42. The molecule has 1 amide bonds. The van der Waals surface area contributed by atoms with Crippen LogP contribution in [0.3, 0.4) is 0 Å². The summed E-state index contributed by atoms with van der Waals surface area (Å²) in [5, 5.41) is 6.70. The fraction of sp³-hybridized carbons (Fsp3) is 0.500. The Bertz CT molecular complexity index is 922. The van der Waals surface area contributed by atoms with Crippen molar-refractivity contribution in [2.24, 2.45) is 7.05 Å². The van der Waals surface area contributed by atoms with E-state index in [0.717, 1.165) is 31.4 Å². The van der Waals surface area contributed by atoms with E-state index >= 15 is 0 Å². The number of halogens is 5. The first-order valence-corrected chi connectivity index (χ1v) is 9.62. The summed E-state index contributed by atoms with van der Waals surface area (Å²) in [4.78, 5) is 12.3. The SMILES string of the molecule is CCO[C@@H](CC(=O)Nc1nn(C)c(-c2ccc(F)c(F)c2)c1C1CCC1)C(F)(F)F. The van der Waals surface area contributed by atoms with E-state index in [-0.39, 0.29) is 18.3 Å². The average molecular weight is 431 g/mol. The van der Waals surface area contributed by atoms with E-state index in [1.165, 1.54) is 17.7 Å². The Labute approximate surface area is 170 Å². The first-order valence-electron chi connectivity index (χ1n) is 9.62. The van der Waals surface area contributed by atoms with Crippen molar-refractivity contribution in [3.8, 4) is 11.3 Å². The number of anilines is 1. The molecule has 0 spiro atoms. The molecule has 2 aromatic rings. The van der Waals surface area contributed by atoms with Crippen LogP contribution in [-0.2, 0) is 16.6 Å². The van der Waals surface area contributed by atoms with Gasteiger partial charge in [-0.1, -0.05) is 6.42 Å². The van der Waals surface area contributed by atoms with Crippen LogP contribution in [0.4, 0.5) is 27.8 Å². The smallest absolute Gasteiger partial charge is 0.369 e. The summed E-state index contributed by atoms with van der Waals surface area (Å²) in [6.45, 7) is 1.23. The maximum atomic E-state index is 13.8. The van der Waals surface area contributed by atoms with Gasteiger partial charge in [0.05, 0.1) is 12.1 Å². The number of amides is 1. The Morgan fingerprint density at radius 1 is 1.30 bits per heavy atom. The van der Waals surface area contributed by atoms with E-state index in [1.54, 1.807) is 7.05 Å². The van der Waals surface area contributed by atoms with Crippen molar-refractivity contribution in [3.05, 3.63) is 35.4 Å². The molecule has 1 aliphatic rings. The van der Waals surface area contributed by atoms with E-state index in [4.69, 9.17) is 0 Å². The molecule has 0 aliphatic heterocycles. The Morgan fingerprint density at radius 3 is 2.53 bits per heavy atom. The number of aromatic nitrogens is 2. The van der Waals surface area contributed by atoms with E-state index < -0.39 is 36.2 Å². The second kappa shape index (κ2) is 8.71. The zero-order valence-electron chi connectivity index (χ0n) is 16.5. The van der Waals surface area contributed by atoms with Crippen LogP contribution in [0.15, 0.2) is 18.2 Å². The molecule has 3 rings (SSSR count). The van der Waals surface area contributed by atoms with Gasteiger partial charge in [0.15, 0.2) is 23.6 Å². The van der Waals surface area contributed by atoms with Gasteiger partial charge in [-0.3, -0.25) is 9.48 Å². The molecule has 1 atom stereocenters. The van der Waals surface area contributed by atoms with Crippen LogP contribution in [0.1, 0.15) is 44.1 Å². The maximum absolute atomic E-state index is 13.8. The highest BCUT2D eigenvalue weighted by molar-refractivity contribution is 5.92. The number of benzene rings is 1. The molecule has 0 unspecified atom stereocenters. The second-order valence-electron chi connectivity index (χ2n) is 7.23. The fourth-order valence-corrected chi connectivity index (χ4v) is 3.52. The van der Waals surface area contributed by atoms with Crippen molar-refractivity contribution in [1.29, 1.82) is 0 Å². The van der Waals surface area contributed by atoms with Gasteiger partial charge in [0.25, 0.3) is 0 Å². The lowest BCUT2D eigenvalue weighted by molar-refractivity contribution is -0.220. The van der Waals surface area contributed by atoms with Crippen molar-refractivity contribution in [1.82, 2.24) is 9.78 Å². The molecule has 0 bridgehead atoms. The summed E-state index contributed by atoms with van der Waals surface area (Å²) >= 11 is 0. The van der Waals surface area contributed by atoms with E-state index in [1.807, 2.05) is 0 Å². The normalized spacial score (nSPS) is 15.7. The van der Waals surface area contributed by atoms with Gasteiger partial charge in [-0.05, 0) is 43.9 Å². The van der Waals surface area contributed by atoms with Gasteiger partial charge in [0.2, 0.25) is 5.91 Å². The lowest BCUT2D eigenvalue weighted by Gasteiger charge is -2.27. The van der Waals surface area contributed by atoms with Crippen LogP contribution in [0.25, 0.3) is 11.3 Å². The highest BCUT2D eigenvalue weighted by Crippen LogP contribution is 2.45. The molecule has 164 valence electrons. The molecular formula is C20H22F5N3O2. The zero-order valence-corrected chi connectivity index (χ0v) is 16.5. The molecule has 10 heteroatoms. The molecule has 1 heterocycles. The molecule has 0 radical (unpaired) electrons. The number of rotatable bonds is 7. The van der Waals surface area contributed by atoms with Crippen molar-refractivity contribution in [3.63, 3.8) is 0 Å². The minimum Gasteiger partial charge on any atom is -0.369 e. The summed E-state index contributed by atoms with van der Waals surface area (Å²) in [5.74, 6) is -2.76. The fourth-order valence-electron chi connectivity index (χ4n) is 3.52. The minimum atomic E-state index is -4.68. The van der Waals surface area contributed by atoms with Crippen LogP contribution in [0.2, 0.25) is 0 Å². The number of carbonyl (C=O) groups excluding carboxylic acids is 1. The molecule has 1 N–H and O–H groups in total. The van der Waals surface area contributed by atoms with E-state index in [2.05, 4.69) is 15.2 Å². The summed E-state index contributed by atoms with van der Waals surface area (Å²) in [6, 6.07) is 3.43. The van der Waals surface area contributed by atoms with Gasteiger partial charge in [-0.25, -0.2) is 8.78 Å². The number of ether oxygens (including phenoxy) is 1. The van der Waals surface area contributed by atoms with Gasteiger partial charge >= 0.3 is 6.18 Å². The maximum Gasteiger partial charge on any atom is 0.415 e. The number of aryl methyl sites for hydroxylation is 1. The molecule has 1 aromatic heterocycles. The summed E-state index contributed by atoms with van der Waals surface area (Å²) in [6.07, 6.45) is -5.25. The highest BCUT2D eigenvalue weighted by atomic mass is 19.4. The van der Waals surface area contributed by atoms with Gasteiger partial charge < -0.3 is 10.1 Å². The molecule has 1 aliphatic carbocycles. The van der Waals surface area contributed by atoms with Gasteiger partial charge in [-0.15, -0.1) is 0 Å². The summed E-state index contributed by atoms with van der Waals surface area (Å²) < 4.78 is 72.3. The lowest BCUT2D eigenvalue weighted by atomic mass is 9.79. The number of nitrogens with zero attached hydrogens (tertiary/aromatic N) is 2. The lowest BCUT2D eigenvalue weighted by Crippen LogP contribution is -2.35. The Balaban J connectivity index is 1.91. The third kappa shape index (κ3) is 4.63. The monoisotopic (exact) mass is 431 g/mol. The topological polar surface area (TPSA) is 56.1 Å². The van der Waals surface area contributed by atoms with Crippen molar-refractivity contribution in [2.45, 2.75) is 50.8 Å². The van der Waals surface area contributed by atoms with E-state index in [9.17, 15) is 26.7 Å². The van der Waals surface area contributed by atoms with Crippen LogP contribution < -0.4 is 5.32 Å². The number of carbonyl (C=O) groups is 1. The number of nitrogens with one attached hydrogen (secondary N) is 1. The third-order valence-corrected chi connectivity index (χ3v) is 5.15. The van der Waals surface area contributed by atoms with Crippen LogP contribution in [0.5, 0.6) is 0 Å². The third-order valence-electron chi connectivity index (χ3n) is 5.15. The van der Waals surface area contributed by atoms with Crippen LogP contribution in [0, 0.1) is 11.6 Å². The van der Waals surface area contributed by atoms with Crippen LogP contribution >= 0.6 is 0 Å². The van der Waals surface area contributed by atoms with Crippen LogP contribution in [-0.4, -0.2) is 34.6 Å². The summed E-state index contributed by atoms with van der Waals surface area (Å²) in [5.41, 5.74) is 1.47. The average Bonchev–Trinajstić information content (AvgIpc) is 2.90. The molecule has 0 saturated heterocycles. The number of hydrogen-bond donors (Lipinski definition) is 1. The molecule has 1 fully saturated rings. The van der Waals surface area contributed by atoms with Gasteiger partial charge in [0, 0.05) is 24.8 Å². The Morgan fingerprint density at radius 2 is 2.00 bits per heavy atom. The first-order chi connectivity index (χ1) is 14.1. The largest absolute Gasteiger partial charge is 0.415 e. The molecular weight excluding hydrogens is 409 g/mol. The molecule has 30 heavy (non-hydrogen) atoms. The number of hydrogen-bond acceptors (Lipinski definition) is 3. The second-order valence-corrected chi connectivity index (χ2v) is 7.23. The first kappa shape index (κ1) is 22.2. The quantitative estimate of drug-likeness (QED) is 0.633. The molecule has 1 saturated carbocycles. The standard InChI is InChI=1S/C20H22F5N3O2/c1-3-30-15(20(23,24)25)10-16(29)26-19-17(11-5-4-6-11)18(28(2)27-19)12-7-8-13(21)14(22)9-12/h7-9,11,15H,3-6,10H2,1-2H3,(H,26,27,29)/t15-/m0/s1. The minimum absolute atomic E-state index is 0.0161. The Hall–Kier alpha value is -2.49. The van der Waals surface area contributed by atoms with Crippen molar-refractivity contribution in [2.75, 3.05) is 11.9 Å². The predicted molar refractivity (Wildman–Crippen MR) is 99.9 cm³/mol. The zero-order chi connectivity index (χ0) is 22.1. The Kier molecular flexibility index (Phi) is 6.44. The van der Waals surface area contributed by atoms with E-state index in [0.29, 0.717) is 16.8 Å². The van der Waals surface area contributed by atoms with Gasteiger partial charge in [0.1, 0.15) is 0 Å².